The molecule has 0 fully saturated rings. The van der Waals surface area contributed by atoms with Crippen LogP contribution in [0.5, 0.6) is 0 Å². The third kappa shape index (κ3) is 3.85. The molecule has 0 amide bonds. The monoisotopic (exact) mass is 373 g/mol. The predicted octanol–water partition coefficient (Wildman–Crippen LogP) is 7.21. The first-order valence-corrected chi connectivity index (χ1v) is 10.7. The molecule has 1 aliphatic rings. The van der Waals surface area contributed by atoms with Crippen LogP contribution in [0.1, 0.15) is 83.2 Å². The van der Waals surface area contributed by atoms with Crippen LogP contribution >= 0.6 is 0 Å². The van der Waals surface area contributed by atoms with Crippen LogP contribution in [-0.2, 0) is 10.8 Å². The molecule has 141 valence electrons. The molecule has 0 aromatic heterocycles. The lowest BCUT2D eigenvalue weighted by atomic mass is 9.78. The smallest absolute Gasteiger partial charge is 0.0392 e. The van der Waals surface area contributed by atoms with Crippen molar-refractivity contribution in [2.24, 2.45) is 5.92 Å². The molecule has 0 bridgehead atoms. The minimum absolute atomic E-state index is 0.129. The van der Waals surface area contributed by atoms with Gasteiger partial charge in [0, 0.05) is 10.2 Å². The molecule has 0 nitrogen and oxygen atoms in total. The van der Waals surface area contributed by atoms with Crippen molar-refractivity contribution in [2.45, 2.75) is 71.8 Å². The highest BCUT2D eigenvalue weighted by Crippen LogP contribution is 2.43. The van der Waals surface area contributed by atoms with Gasteiger partial charge in [0.1, 0.15) is 0 Å². The Balaban J connectivity index is 2.25. The minimum Gasteiger partial charge on any atom is -0.0631 e. The van der Waals surface area contributed by atoms with Gasteiger partial charge in [0.05, 0.1) is 0 Å². The number of allylic oxidation sites excluding steroid dienone is 1. The van der Waals surface area contributed by atoms with E-state index in [9.17, 15) is 0 Å². The number of hydrogen-bond donors (Lipinski definition) is 0. The second kappa shape index (κ2) is 6.78. The number of fused-ring (bicyclic) bond motifs is 1. The van der Waals surface area contributed by atoms with Crippen molar-refractivity contribution in [2.75, 3.05) is 0 Å². The van der Waals surface area contributed by atoms with E-state index < -0.39 is 0 Å². The van der Waals surface area contributed by atoms with E-state index >= 15 is 0 Å². The highest BCUT2D eigenvalue weighted by molar-refractivity contribution is 6.16. The van der Waals surface area contributed by atoms with Crippen molar-refractivity contribution in [3.8, 4) is 11.1 Å². The van der Waals surface area contributed by atoms with Crippen LogP contribution < -0.4 is 0 Å². The molecule has 0 saturated carbocycles. The van der Waals surface area contributed by atoms with Crippen LogP contribution in [0.4, 0.5) is 0 Å². The maximum Gasteiger partial charge on any atom is 0.0392 e. The summed E-state index contributed by atoms with van der Waals surface area (Å²) in [6.45, 7) is 18.4. The lowest BCUT2D eigenvalue weighted by molar-refractivity contribution is 0.569. The van der Waals surface area contributed by atoms with Crippen LogP contribution in [0.3, 0.4) is 0 Å². The van der Waals surface area contributed by atoms with Gasteiger partial charge >= 0.3 is 0 Å². The molecule has 0 spiro atoms. The Morgan fingerprint density at radius 1 is 0.852 bits per heavy atom. The molecule has 27 heavy (non-hydrogen) atoms. The quantitative estimate of drug-likeness (QED) is 0.488. The molecule has 3 radical (unpaired) electrons. The zero-order valence-electron chi connectivity index (χ0n) is 18.2. The van der Waals surface area contributed by atoms with Crippen LogP contribution in [0.25, 0.3) is 17.2 Å². The van der Waals surface area contributed by atoms with E-state index in [1.54, 1.807) is 0 Å². The van der Waals surface area contributed by atoms with Crippen molar-refractivity contribution in [1.82, 2.24) is 0 Å². The molecule has 1 heteroatoms. The maximum absolute atomic E-state index is 3.99. The van der Waals surface area contributed by atoms with Crippen LogP contribution in [0, 0.1) is 5.92 Å². The zero-order valence-corrected chi connectivity index (χ0v) is 19.2. The van der Waals surface area contributed by atoms with Gasteiger partial charge in [0.15, 0.2) is 0 Å². The molecule has 0 heterocycles. The largest absolute Gasteiger partial charge is 0.0631 e. The molecule has 2 aromatic carbocycles. The molecule has 1 atom stereocenters. The number of benzene rings is 2. The van der Waals surface area contributed by atoms with Gasteiger partial charge in [-0.15, -0.1) is 0 Å². The molecular formula is C26H33Si. The van der Waals surface area contributed by atoms with E-state index in [4.69, 9.17) is 0 Å². The first-order valence-electron chi connectivity index (χ1n) is 10.1. The molecule has 0 aliphatic heterocycles. The Hall–Kier alpha value is -1.60. The molecule has 1 aliphatic carbocycles. The van der Waals surface area contributed by atoms with Crippen molar-refractivity contribution in [3.05, 3.63) is 64.2 Å². The zero-order chi connectivity index (χ0) is 20.1. The Morgan fingerprint density at radius 3 is 1.89 bits per heavy atom. The summed E-state index contributed by atoms with van der Waals surface area (Å²) >= 11 is 0. The Kier molecular flexibility index (Phi) is 5.05. The van der Waals surface area contributed by atoms with E-state index in [-0.39, 0.29) is 10.8 Å². The number of rotatable bonds is 2. The molecule has 2 aromatic rings. The van der Waals surface area contributed by atoms with Gasteiger partial charge in [0.2, 0.25) is 0 Å². The number of hydrogen-bond acceptors (Lipinski definition) is 0. The average Bonchev–Trinajstić information content (AvgIpc) is 2.90. The highest BCUT2D eigenvalue weighted by Gasteiger charge is 2.26. The third-order valence-electron chi connectivity index (χ3n) is 5.74. The summed E-state index contributed by atoms with van der Waals surface area (Å²) in [6.07, 6.45) is 2.41. The van der Waals surface area contributed by atoms with Gasteiger partial charge in [-0.05, 0) is 55.7 Å². The fourth-order valence-corrected chi connectivity index (χ4v) is 4.49. The highest BCUT2D eigenvalue weighted by atomic mass is 28.1. The molecule has 0 saturated heterocycles. The standard InChI is InChI=1S/C26H33Si/c1-16(2)22-15-23-20(10-9-11-21(23)24(22)27)17-12-18(25(3,4)5)14-19(13-17)26(6,7)8/h9-16,24H,1-8H3. The van der Waals surface area contributed by atoms with Gasteiger partial charge in [-0.3, -0.25) is 0 Å². The van der Waals surface area contributed by atoms with Crippen molar-refractivity contribution < 1.29 is 0 Å². The SMILES string of the molecule is CC(C)C1=Cc2c(-c3cc(C(C)(C)C)cc(C(C)(C)C)c3)cccc2C1[Si]. The van der Waals surface area contributed by atoms with E-state index in [0.717, 1.165) is 0 Å². The lowest BCUT2D eigenvalue weighted by Gasteiger charge is -2.26. The van der Waals surface area contributed by atoms with Crippen molar-refractivity contribution in [1.29, 1.82) is 0 Å². The second-order valence-electron chi connectivity index (χ2n) is 10.3. The van der Waals surface area contributed by atoms with Gasteiger partial charge in [0.25, 0.3) is 0 Å². The van der Waals surface area contributed by atoms with Gasteiger partial charge in [-0.1, -0.05) is 103 Å². The fourth-order valence-electron chi connectivity index (χ4n) is 3.83. The Labute approximate surface area is 169 Å². The van der Waals surface area contributed by atoms with E-state index in [2.05, 4.69) is 108 Å². The molecule has 3 rings (SSSR count). The van der Waals surface area contributed by atoms with Crippen LogP contribution in [0.2, 0.25) is 0 Å². The van der Waals surface area contributed by atoms with Crippen molar-refractivity contribution in [3.63, 3.8) is 0 Å². The summed E-state index contributed by atoms with van der Waals surface area (Å²) in [7, 11) is 3.99. The minimum atomic E-state index is 0.129. The normalized spacial score (nSPS) is 17.3. The lowest BCUT2D eigenvalue weighted by Crippen LogP contribution is -2.16. The molecular weight excluding hydrogens is 340 g/mol. The fraction of sp³-hybridized carbons (Fsp3) is 0.462. The van der Waals surface area contributed by atoms with Gasteiger partial charge < -0.3 is 0 Å². The summed E-state index contributed by atoms with van der Waals surface area (Å²) in [5, 5.41) is 0. The first kappa shape index (κ1) is 20.1. The first-order chi connectivity index (χ1) is 12.4. The summed E-state index contributed by atoms with van der Waals surface area (Å²) in [5.74, 6) is 0.541. The van der Waals surface area contributed by atoms with E-state index in [1.807, 2.05) is 0 Å². The van der Waals surface area contributed by atoms with Crippen LogP contribution in [-0.4, -0.2) is 10.2 Å². The summed E-state index contributed by atoms with van der Waals surface area (Å²) in [4.78, 5) is 0. The average molecular weight is 374 g/mol. The predicted molar refractivity (Wildman–Crippen MR) is 121 cm³/mol. The molecule has 0 N–H and O–H groups in total. The Morgan fingerprint density at radius 2 is 1.41 bits per heavy atom. The van der Waals surface area contributed by atoms with E-state index in [0.29, 0.717) is 11.5 Å². The summed E-state index contributed by atoms with van der Waals surface area (Å²) in [5.41, 5.74) is 10.3. The van der Waals surface area contributed by atoms with E-state index in [1.165, 1.54) is 39.0 Å². The summed E-state index contributed by atoms with van der Waals surface area (Å²) < 4.78 is 0. The van der Waals surface area contributed by atoms with Crippen molar-refractivity contribution >= 4 is 16.3 Å². The third-order valence-corrected chi connectivity index (χ3v) is 6.38. The van der Waals surface area contributed by atoms with Gasteiger partial charge in [-0.2, -0.15) is 0 Å². The Bertz CT molecular complexity index is 853. The van der Waals surface area contributed by atoms with Gasteiger partial charge in [-0.25, -0.2) is 0 Å². The second-order valence-corrected chi connectivity index (χ2v) is 10.9. The van der Waals surface area contributed by atoms with Crippen LogP contribution in [0.15, 0.2) is 42.0 Å². The topological polar surface area (TPSA) is 0 Å². The molecule has 1 unspecified atom stereocenters. The summed E-state index contributed by atoms with van der Waals surface area (Å²) in [6, 6.07) is 13.9. The maximum atomic E-state index is 3.99.